The smallest absolute Gasteiger partial charge is 0.133 e. The molecule has 19 heavy (non-hydrogen) atoms. The molecule has 1 heterocycles. The van der Waals surface area contributed by atoms with Crippen LogP contribution in [0, 0.1) is 0 Å². The second kappa shape index (κ2) is 6.75. The van der Waals surface area contributed by atoms with Gasteiger partial charge in [0.1, 0.15) is 5.75 Å². The lowest BCUT2D eigenvalue weighted by atomic mass is 10.1. The minimum Gasteiger partial charge on any atom is -0.496 e. The van der Waals surface area contributed by atoms with E-state index in [1.165, 1.54) is 10.4 Å². The molecule has 0 spiro atoms. The van der Waals surface area contributed by atoms with Crippen molar-refractivity contribution < 1.29 is 4.74 Å². The molecule has 2 aromatic rings. The highest BCUT2D eigenvalue weighted by atomic mass is 79.9. The van der Waals surface area contributed by atoms with Crippen molar-refractivity contribution in [1.29, 1.82) is 0 Å². The van der Waals surface area contributed by atoms with Crippen LogP contribution in [0.3, 0.4) is 0 Å². The minimum absolute atomic E-state index is 0.267. The van der Waals surface area contributed by atoms with Crippen LogP contribution in [0.15, 0.2) is 34.8 Å². The van der Waals surface area contributed by atoms with Crippen LogP contribution in [-0.2, 0) is 6.54 Å². The lowest BCUT2D eigenvalue weighted by molar-refractivity contribution is 0.411. The molecule has 5 heteroatoms. The van der Waals surface area contributed by atoms with Crippen molar-refractivity contribution in [3.05, 3.63) is 49.6 Å². The summed E-state index contributed by atoms with van der Waals surface area (Å²) in [4.78, 5) is 1.24. The van der Waals surface area contributed by atoms with Crippen molar-refractivity contribution in [2.45, 2.75) is 19.5 Å². The van der Waals surface area contributed by atoms with Gasteiger partial charge in [-0.15, -0.1) is 11.3 Å². The molecule has 2 nitrogen and oxygen atoms in total. The van der Waals surface area contributed by atoms with Crippen LogP contribution in [0.25, 0.3) is 0 Å². The molecule has 0 aliphatic rings. The van der Waals surface area contributed by atoms with Crippen LogP contribution >= 0.6 is 38.9 Å². The van der Waals surface area contributed by atoms with E-state index in [4.69, 9.17) is 16.3 Å². The van der Waals surface area contributed by atoms with Gasteiger partial charge in [0.05, 0.1) is 15.9 Å². The monoisotopic (exact) mass is 359 g/mol. The van der Waals surface area contributed by atoms with E-state index < -0.39 is 0 Å². The third kappa shape index (κ3) is 3.96. The molecule has 0 bridgehead atoms. The summed E-state index contributed by atoms with van der Waals surface area (Å²) in [6.07, 6.45) is 0. The van der Waals surface area contributed by atoms with Crippen LogP contribution in [0.2, 0.25) is 4.34 Å². The van der Waals surface area contributed by atoms with Crippen molar-refractivity contribution in [1.82, 2.24) is 5.32 Å². The van der Waals surface area contributed by atoms with Crippen molar-refractivity contribution >= 4 is 38.9 Å². The molecule has 102 valence electrons. The number of hydrogen-bond donors (Lipinski definition) is 1. The van der Waals surface area contributed by atoms with E-state index in [2.05, 4.69) is 46.4 Å². The summed E-state index contributed by atoms with van der Waals surface area (Å²) in [5, 5.41) is 3.48. The summed E-state index contributed by atoms with van der Waals surface area (Å²) in [6.45, 7) is 2.96. The molecule has 1 aromatic carbocycles. The zero-order chi connectivity index (χ0) is 13.8. The van der Waals surface area contributed by atoms with Gasteiger partial charge >= 0.3 is 0 Å². The van der Waals surface area contributed by atoms with E-state index in [1.54, 1.807) is 18.4 Å². The predicted molar refractivity (Wildman–Crippen MR) is 85.3 cm³/mol. The molecule has 0 radical (unpaired) electrons. The molecule has 0 fully saturated rings. The average molecular weight is 361 g/mol. The maximum atomic E-state index is 5.92. The summed E-state index contributed by atoms with van der Waals surface area (Å²) >= 11 is 11.0. The minimum atomic E-state index is 0.267. The Morgan fingerprint density at radius 1 is 1.37 bits per heavy atom. The first-order chi connectivity index (χ1) is 9.10. The molecule has 0 saturated carbocycles. The highest BCUT2D eigenvalue weighted by molar-refractivity contribution is 9.10. The fourth-order valence-corrected chi connectivity index (χ4v) is 3.37. The number of thiophene rings is 1. The third-order valence-corrected chi connectivity index (χ3v) is 4.74. The molecule has 0 saturated heterocycles. The van der Waals surface area contributed by atoms with E-state index in [0.29, 0.717) is 0 Å². The molecular weight excluding hydrogens is 346 g/mol. The molecule has 1 aromatic heterocycles. The summed E-state index contributed by atoms with van der Waals surface area (Å²) in [5.41, 5.74) is 1.22. The Bertz CT molecular complexity index is 558. The van der Waals surface area contributed by atoms with Gasteiger partial charge in [0, 0.05) is 17.5 Å². The Labute approximate surface area is 130 Å². The number of nitrogens with one attached hydrogen (secondary N) is 1. The fraction of sp³-hybridized carbons (Fsp3) is 0.286. The first kappa shape index (κ1) is 14.9. The number of hydrogen-bond acceptors (Lipinski definition) is 3. The van der Waals surface area contributed by atoms with Crippen molar-refractivity contribution in [3.63, 3.8) is 0 Å². The Morgan fingerprint density at radius 2 is 2.16 bits per heavy atom. The molecule has 1 N–H and O–H groups in total. The molecule has 2 rings (SSSR count). The van der Waals surface area contributed by atoms with Crippen LogP contribution in [-0.4, -0.2) is 7.11 Å². The lowest BCUT2D eigenvalue weighted by Crippen LogP contribution is -2.17. The van der Waals surface area contributed by atoms with Gasteiger partial charge in [0.25, 0.3) is 0 Å². The topological polar surface area (TPSA) is 21.3 Å². The number of methoxy groups -OCH3 is 1. The molecule has 1 unspecified atom stereocenters. The largest absolute Gasteiger partial charge is 0.496 e. The number of halogens is 2. The maximum absolute atomic E-state index is 5.92. The number of benzene rings is 1. The second-order valence-electron chi connectivity index (χ2n) is 4.20. The van der Waals surface area contributed by atoms with Crippen molar-refractivity contribution in [2.75, 3.05) is 7.11 Å². The Hall–Kier alpha value is -0.550. The summed E-state index contributed by atoms with van der Waals surface area (Å²) in [7, 11) is 1.67. The van der Waals surface area contributed by atoms with Gasteiger partial charge in [0.15, 0.2) is 0 Å². The zero-order valence-electron chi connectivity index (χ0n) is 10.7. The van der Waals surface area contributed by atoms with E-state index in [0.717, 1.165) is 21.1 Å². The summed E-state index contributed by atoms with van der Waals surface area (Å²) in [6, 6.07) is 10.4. The highest BCUT2D eigenvalue weighted by Gasteiger charge is 2.08. The SMILES string of the molecule is COc1ccc(C(C)NCc2ccc(Cl)s2)cc1Br. The first-order valence-electron chi connectivity index (χ1n) is 5.91. The van der Waals surface area contributed by atoms with Gasteiger partial charge in [-0.25, -0.2) is 0 Å². The van der Waals surface area contributed by atoms with Gasteiger partial charge in [-0.2, -0.15) is 0 Å². The van der Waals surface area contributed by atoms with Crippen molar-refractivity contribution in [2.24, 2.45) is 0 Å². The average Bonchev–Trinajstić information content (AvgIpc) is 2.81. The van der Waals surface area contributed by atoms with Gasteiger partial charge in [-0.1, -0.05) is 17.7 Å². The highest BCUT2D eigenvalue weighted by Crippen LogP contribution is 2.28. The van der Waals surface area contributed by atoms with E-state index in [9.17, 15) is 0 Å². The quantitative estimate of drug-likeness (QED) is 0.808. The number of ether oxygens (including phenoxy) is 1. The van der Waals surface area contributed by atoms with Crippen LogP contribution in [0.5, 0.6) is 5.75 Å². The number of rotatable bonds is 5. The normalized spacial score (nSPS) is 12.4. The van der Waals surface area contributed by atoms with E-state index >= 15 is 0 Å². The van der Waals surface area contributed by atoms with Gasteiger partial charge in [-0.3, -0.25) is 0 Å². The van der Waals surface area contributed by atoms with Gasteiger partial charge in [0.2, 0.25) is 0 Å². The van der Waals surface area contributed by atoms with E-state index in [1.807, 2.05) is 12.1 Å². The molecule has 0 aliphatic carbocycles. The van der Waals surface area contributed by atoms with Crippen LogP contribution < -0.4 is 10.1 Å². The standard InChI is InChI=1S/C14H15BrClNOS/c1-9(17-8-11-4-6-14(16)19-11)10-3-5-13(18-2)12(15)7-10/h3-7,9,17H,8H2,1-2H3. The van der Waals surface area contributed by atoms with Crippen molar-refractivity contribution in [3.8, 4) is 5.75 Å². The molecular formula is C14H15BrClNOS. The maximum Gasteiger partial charge on any atom is 0.133 e. The zero-order valence-corrected chi connectivity index (χ0v) is 13.9. The lowest BCUT2D eigenvalue weighted by Gasteiger charge is -2.15. The van der Waals surface area contributed by atoms with Gasteiger partial charge in [-0.05, 0) is 52.7 Å². The second-order valence-corrected chi connectivity index (χ2v) is 6.86. The summed E-state index contributed by atoms with van der Waals surface area (Å²) < 4.78 is 7.03. The third-order valence-electron chi connectivity index (χ3n) is 2.89. The Morgan fingerprint density at radius 3 is 2.74 bits per heavy atom. The molecule has 0 aliphatic heterocycles. The Balaban J connectivity index is 1.99. The first-order valence-corrected chi connectivity index (χ1v) is 7.90. The molecule has 1 atom stereocenters. The Kier molecular flexibility index (Phi) is 5.28. The van der Waals surface area contributed by atoms with Crippen LogP contribution in [0.1, 0.15) is 23.4 Å². The predicted octanol–water partition coefficient (Wildman–Crippen LogP) is 5.02. The van der Waals surface area contributed by atoms with Crippen LogP contribution in [0.4, 0.5) is 0 Å². The molecule has 0 amide bonds. The fourth-order valence-electron chi connectivity index (χ4n) is 1.77. The summed E-state index contributed by atoms with van der Waals surface area (Å²) in [5.74, 6) is 0.848. The van der Waals surface area contributed by atoms with E-state index in [-0.39, 0.29) is 6.04 Å². The van der Waals surface area contributed by atoms with Gasteiger partial charge < -0.3 is 10.1 Å².